The molecule has 0 saturated carbocycles. The van der Waals surface area contributed by atoms with E-state index in [1.165, 1.54) is 0 Å². The monoisotopic (exact) mass is 184 g/mol. The van der Waals surface area contributed by atoms with E-state index in [9.17, 15) is 0 Å². The highest BCUT2D eigenvalue weighted by molar-refractivity contribution is 5.07. The third-order valence-electron chi connectivity index (χ3n) is 2.22. The van der Waals surface area contributed by atoms with Gasteiger partial charge in [-0.05, 0) is 6.92 Å². The normalized spacial score (nSPS) is 22.5. The van der Waals surface area contributed by atoms with E-state index >= 15 is 0 Å². The molecule has 72 valence electrons. The second kappa shape index (κ2) is 3.41. The molecule has 1 atom stereocenters. The molecule has 0 amide bonds. The number of nitrogens with one attached hydrogen (secondary N) is 1. The fourth-order valence-corrected chi connectivity index (χ4v) is 1.39. The van der Waals surface area contributed by atoms with E-state index < -0.39 is 0 Å². The molecule has 0 aromatic carbocycles. The molecule has 0 aliphatic carbocycles. The van der Waals surface area contributed by atoms with Gasteiger partial charge in [0.05, 0.1) is 24.9 Å². The third-order valence-corrected chi connectivity index (χ3v) is 2.22. The molecular weight excluding hydrogens is 172 g/mol. The minimum atomic E-state index is -0.0627. The Morgan fingerprint density at radius 2 is 2.62 bits per heavy atom. The number of aliphatic hydroxyl groups is 1. The van der Waals surface area contributed by atoms with Crippen LogP contribution >= 0.6 is 0 Å². The van der Waals surface area contributed by atoms with Gasteiger partial charge in [-0.3, -0.25) is 4.84 Å². The summed E-state index contributed by atoms with van der Waals surface area (Å²) in [5.74, 6) is 0. The molecule has 1 aromatic rings. The van der Waals surface area contributed by atoms with Gasteiger partial charge in [0.15, 0.2) is 0 Å². The van der Waals surface area contributed by atoms with Gasteiger partial charge < -0.3 is 5.11 Å². The number of hydrogen-bond donors (Lipinski definition) is 2. The summed E-state index contributed by atoms with van der Waals surface area (Å²) in [6.07, 6.45) is 0. The molecule has 1 fully saturated rings. The first kappa shape index (κ1) is 8.61. The number of aromatic nitrogens is 3. The van der Waals surface area contributed by atoms with Crippen LogP contribution in [0, 0.1) is 6.92 Å². The lowest BCUT2D eigenvalue weighted by Gasteiger charge is -2.07. The lowest BCUT2D eigenvalue weighted by Crippen LogP contribution is -2.17. The lowest BCUT2D eigenvalue weighted by atomic mass is 10.3. The van der Waals surface area contributed by atoms with E-state index in [4.69, 9.17) is 9.94 Å². The van der Waals surface area contributed by atoms with Crippen molar-refractivity contribution in [2.45, 2.75) is 19.6 Å². The van der Waals surface area contributed by atoms with Crippen molar-refractivity contribution in [1.29, 1.82) is 0 Å². The van der Waals surface area contributed by atoms with Crippen LogP contribution in [0.3, 0.4) is 0 Å². The Balaban J connectivity index is 2.24. The molecule has 1 aliphatic rings. The van der Waals surface area contributed by atoms with E-state index in [0.717, 1.165) is 12.2 Å². The minimum absolute atomic E-state index is 0.0627. The topological polar surface area (TPSA) is 72.2 Å². The second-order valence-electron chi connectivity index (χ2n) is 3.04. The number of rotatable bonds is 2. The van der Waals surface area contributed by atoms with Crippen LogP contribution in [0.1, 0.15) is 17.4 Å². The van der Waals surface area contributed by atoms with Crippen molar-refractivity contribution in [3.63, 3.8) is 0 Å². The predicted octanol–water partition coefficient (Wildman–Crippen LogP) is -0.845. The number of hydrogen-bond acceptors (Lipinski definition) is 5. The van der Waals surface area contributed by atoms with Gasteiger partial charge >= 0.3 is 0 Å². The molecule has 1 aromatic heterocycles. The predicted molar refractivity (Wildman–Crippen MR) is 43.7 cm³/mol. The van der Waals surface area contributed by atoms with E-state index in [2.05, 4.69) is 15.8 Å². The van der Waals surface area contributed by atoms with Crippen molar-refractivity contribution in [3.8, 4) is 0 Å². The maximum Gasteiger partial charge on any atom is 0.111 e. The van der Waals surface area contributed by atoms with Crippen LogP contribution in [-0.2, 0) is 11.4 Å². The van der Waals surface area contributed by atoms with Crippen molar-refractivity contribution in [2.24, 2.45) is 0 Å². The summed E-state index contributed by atoms with van der Waals surface area (Å²) in [5.41, 5.74) is 4.31. The van der Waals surface area contributed by atoms with Crippen LogP contribution in [0.5, 0.6) is 0 Å². The van der Waals surface area contributed by atoms with Crippen molar-refractivity contribution in [2.75, 3.05) is 13.2 Å². The summed E-state index contributed by atoms with van der Waals surface area (Å²) in [6.45, 7) is 3.15. The Kier molecular flexibility index (Phi) is 2.26. The molecule has 6 heteroatoms. The van der Waals surface area contributed by atoms with E-state index in [1.807, 2.05) is 6.92 Å². The van der Waals surface area contributed by atoms with Gasteiger partial charge in [0.2, 0.25) is 0 Å². The highest BCUT2D eigenvalue weighted by Crippen LogP contribution is 2.13. The summed E-state index contributed by atoms with van der Waals surface area (Å²) in [4.78, 5) is 5.01. The summed E-state index contributed by atoms with van der Waals surface area (Å²) in [7, 11) is 0. The lowest BCUT2D eigenvalue weighted by molar-refractivity contribution is 0.0967. The first-order valence-corrected chi connectivity index (χ1v) is 4.19. The molecule has 0 bridgehead atoms. The highest BCUT2D eigenvalue weighted by Gasteiger charge is 2.21. The van der Waals surface area contributed by atoms with Crippen LogP contribution in [-0.4, -0.2) is 33.3 Å². The molecule has 2 heterocycles. The second-order valence-corrected chi connectivity index (χ2v) is 3.04. The van der Waals surface area contributed by atoms with E-state index in [0.29, 0.717) is 12.3 Å². The van der Waals surface area contributed by atoms with E-state index in [1.54, 1.807) is 4.68 Å². The SMILES string of the molecule is Cc1c(CO)nnn1[C@H]1CNOC1. The van der Waals surface area contributed by atoms with Gasteiger partial charge in [0.1, 0.15) is 5.69 Å². The number of aliphatic hydroxyl groups excluding tert-OH is 1. The third kappa shape index (κ3) is 1.43. The van der Waals surface area contributed by atoms with Gasteiger partial charge in [-0.15, -0.1) is 5.10 Å². The Labute approximate surface area is 75.5 Å². The molecule has 1 saturated heterocycles. The van der Waals surface area contributed by atoms with Gasteiger partial charge in [0.25, 0.3) is 0 Å². The van der Waals surface area contributed by atoms with Crippen LogP contribution in [0.15, 0.2) is 0 Å². The van der Waals surface area contributed by atoms with Gasteiger partial charge in [0, 0.05) is 6.54 Å². The smallest absolute Gasteiger partial charge is 0.111 e. The molecule has 6 nitrogen and oxygen atoms in total. The minimum Gasteiger partial charge on any atom is -0.390 e. The maximum atomic E-state index is 8.91. The fraction of sp³-hybridized carbons (Fsp3) is 0.714. The van der Waals surface area contributed by atoms with Crippen molar-refractivity contribution in [1.82, 2.24) is 20.5 Å². The summed E-state index contributed by atoms with van der Waals surface area (Å²) < 4.78 is 1.78. The van der Waals surface area contributed by atoms with Crippen molar-refractivity contribution >= 4 is 0 Å². The largest absolute Gasteiger partial charge is 0.390 e. The van der Waals surface area contributed by atoms with Gasteiger partial charge in [-0.25, -0.2) is 10.2 Å². The quantitative estimate of drug-likeness (QED) is 0.626. The van der Waals surface area contributed by atoms with Gasteiger partial charge in [-0.1, -0.05) is 5.21 Å². The molecular formula is C7H12N4O2. The van der Waals surface area contributed by atoms with Crippen molar-refractivity contribution < 1.29 is 9.94 Å². The Bertz CT molecular complexity index is 293. The average molecular weight is 184 g/mol. The summed E-state index contributed by atoms with van der Waals surface area (Å²) in [6, 6.07) is 0.188. The highest BCUT2D eigenvalue weighted by atomic mass is 16.7. The molecule has 13 heavy (non-hydrogen) atoms. The first-order chi connectivity index (χ1) is 6.33. The molecule has 0 radical (unpaired) electrons. The molecule has 2 N–H and O–H groups in total. The van der Waals surface area contributed by atoms with Crippen LogP contribution < -0.4 is 5.48 Å². The average Bonchev–Trinajstić information content (AvgIpc) is 2.72. The van der Waals surface area contributed by atoms with Crippen molar-refractivity contribution in [3.05, 3.63) is 11.4 Å². The maximum absolute atomic E-state index is 8.91. The fourth-order valence-electron chi connectivity index (χ4n) is 1.39. The number of hydroxylamine groups is 1. The van der Waals surface area contributed by atoms with Crippen LogP contribution in [0.4, 0.5) is 0 Å². The molecule has 0 unspecified atom stereocenters. The summed E-state index contributed by atoms with van der Waals surface area (Å²) >= 11 is 0. The number of nitrogens with zero attached hydrogens (tertiary/aromatic N) is 3. The molecule has 0 spiro atoms. The zero-order valence-electron chi connectivity index (χ0n) is 7.40. The van der Waals surface area contributed by atoms with Crippen LogP contribution in [0.2, 0.25) is 0 Å². The molecule has 2 rings (SSSR count). The van der Waals surface area contributed by atoms with Crippen LogP contribution in [0.25, 0.3) is 0 Å². The Morgan fingerprint density at radius 1 is 1.77 bits per heavy atom. The summed E-state index contributed by atoms with van der Waals surface area (Å²) in [5, 5.41) is 16.7. The molecule has 1 aliphatic heterocycles. The Hall–Kier alpha value is -0.980. The standard InChI is InChI=1S/C7H12N4O2/c1-5-7(3-12)9-10-11(5)6-2-8-13-4-6/h6,8,12H,2-4H2,1H3/t6-/m0/s1. The first-order valence-electron chi connectivity index (χ1n) is 4.19. The Morgan fingerprint density at radius 3 is 3.15 bits per heavy atom. The van der Waals surface area contributed by atoms with Gasteiger partial charge in [-0.2, -0.15) is 0 Å². The zero-order valence-corrected chi connectivity index (χ0v) is 7.40. The zero-order chi connectivity index (χ0) is 9.26. The van der Waals surface area contributed by atoms with E-state index in [-0.39, 0.29) is 12.6 Å².